The van der Waals surface area contributed by atoms with E-state index in [1.54, 1.807) is 12.5 Å². The van der Waals surface area contributed by atoms with E-state index < -0.39 is 0 Å². The SMILES string of the molecule is Clc1cccc(Cl)c1-c1noc(C2CC2)c1COCC12CCC(c3ncco3)(CC1)CC2. The van der Waals surface area contributed by atoms with Gasteiger partial charge in [-0.1, -0.05) is 34.4 Å². The van der Waals surface area contributed by atoms with Gasteiger partial charge in [0.05, 0.1) is 29.5 Å². The first kappa shape index (κ1) is 20.8. The van der Waals surface area contributed by atoms with Gasteiger partial charge in [0.2, 0.25) is 0 Å². The number of hydrogen-bond acceptors (Lipinski definition) is 5. The zero-order valence-electron chi connectivity index (χ0n) is 17.9. The molecule has 7 heteroatoms. The fourth-order valence-corrected chi connectivity index (χ4v) is 6.28. The molecule has 5 nitrogen and oxygen atoms in total. The maximum absolute atomic E-state index is 6.48. The molecule has 2 aromatic heterocycles. The van der Waals surface area contributed by atoms with Crippen molar-refractivity contribution in [2.45, 2.75) is 69.3 Å². The molecular weight excluding hydrogens is 447 g/mol. The molecular formula is C25H26Cl2N2O3. The Balaban J connectivity index is 1.19. The molecule has 0 unspecified atom stereocenters. The van der Waals surface area contributed by atoms with Gasteiger partial charge in [-0.15, -0.1) is 0 Å². The van der Waals surface area contributed by atoms with Crippen molar-refractivity contribution >= 4 is 23.2 Å². The molecule has 0 saturated heterocycles. The van der Waals surface area contributed by atoms with Gasteiger partial charge in [0.15, 0.2) is 5.89 Å². The van der Waals surface area contributed by atoms with Crippen LogP contribution in [0.1, 0.15) is 74.5 Å². The lowest BCUT2D eigenvalue weighted by Crippen LogP contribution is -2.46. The van der Waals surface area contributed by atoms with Crippen molar-refractivity contribution in [3.05, 3.63) is 57.9 Å². The van der Waals surface area contributed by atoms with Gasteiger partial charge in [0.1, 0.15) is 17.7 Å². The maximum Gasteiger partial charge on any atom is 0.200 e. The first-order valence-corrected chi connectivity index (χ1v) is 12.3. The van der Waals surface area contributed by atoms with Crippen LogP contribution in [-0.2, 0) is 16.8 Å². The average molecular weight is 473 g/mol. The third-order valence-corrected chi connectivity index (χ3v) is 8.54. The molecule has 0 atom stereocenters. The van der Waals surface area contributed by atoms with E-state index in [2.05, 4.69) is 10.1 Å². The molecule has 0 amide bonds. The van der Waals surface area contributed by atoms with E-state index in [0.717, 1.165) is 86.4 Å². The van der Waals surface area contributed by atoms with Gasteiger partial charge in [-0.3, -0.25) is 0 Å². The number of fused-ring (bicyclic) bond motifs is 3. The highest BCUT2D eigenvalue weighted by atomic mass is 35.5. The summed E-state index contributed by atoms with van der Waals surface area (Å²) in [6.07, 6.45) is 12.5. The van der Waals surface area contributed by atoms with E-state index in [1.165, 1.54) is 0 Å². The molecule has 0 aliphatic heterocycles. The summed E-state index contributed by atoms with van der Waals surface area (Å²) in [4.78, 5) is 4.47. The summed E-state index contributed by atoms with van der Waals surface area (Å²) in [5.74, 6) is 2.29. The zero-order chi connectivity index (χ0) is 21.8. The Bertz CT molecular complexity index is 1080. The number of aromatic nitrogens is 2. The predicted molar refractivity (Wildman–Crippen MR) is 122 cm³/mol. The molecule has 168 valence electrons. The molecule has 7 rings (SSSR count). The maximum atomic E-state index is 6.48. The van der Waals surface area contributed by atoms with Crippen molar-refractivity contribution in [3.8, 4) is 11.3 Å². The number of benzene rings is 1. The van der Waals surface area contributed by atoms with E-state index >= 15 is 0 Å². The number of oxazole rings is 1. The molecule has 0 spiro atoms. The Kier molecular flexibility index (Phi) is 5.12. The van der Waals surface area contributed by atoms with Crippen LogP contribution < -0.4 is 0 Å². The fourth-order valence-electron chi connectivity index (χ4n) is 5.70. The zero-order valence-corrected chi connectivity index (χ0v) is 19.4. The minimum atomic E-state index is 0.132. The van der Waals surface area contributed by atoms with Crippen LogP contribution in [0.5, 0.6) is 0 Å². The summed E-state index contributed by atoms with van der Waals surface area (Å²) in [5.41, 5.74) is 2.82. The average Bonchev–Trinajstić information content (AvgIpc) is 3.32. The van der Waals surface area contributed by atoms with Gasteiger partial charge in [0.25, 0.3) is 0 Å². The van der Waals surface area contributed by atoms with Crippen LogP contribution in [0.15, 0.2) is 39.6 Å². The Morgan fingerprint density at radius 1 is 1.03 bits per heavy atom. The van der Waals surface area contributed by atoms with Crippen molar-refractivity contribution in [1.82, 2.24) is 10.1 Å². The van der Waals surface area contributed by atoms with E-state index in [9.17, 15) is 0 Å². The van der Waals surface area contributed by atoms with Crippen LogP contribution in [0.4, 0.5) is 0 Å². The Hall–Kier alpha value is -1.82. The van der Waals surface area contributed by atoms with E-state index in [0.29, 0.717) is 22.6 Å². The topological polar surface area (TPSA) is 61.3 Å². The van der Waals surface area contributed by atoms with E-state index in [4.69, 9.17) is 36.9 Å². The van der Waals surface area contributed by atoms with Crippen LogP contribution in [0.25, 0.3) is 11.3 Å². The smallest absolute Gasteiger partial charge is 0.200 e. The molecule has 4 aliphatic carbocycles. The lowest BCUT2D eigenvalue weighted by molar-refractivity contribution is -0.0489. The lowest BCUT2D eigenvalue weighted by Gasteiger charge is -2.51. The third-order valence-electron chi connectivity index (χ3n) is 7.91. The fraction of sp³-hybridized carbons (Fsp3) is 0.520. The van der Waals surface area contributed by atoms with Crippen molar-refractivity contribution < 1.29 is 13.7 Å². The Morgan fingerprint density at radius 2 is 1.75 bits per heavy atom. The van der Waals surface area contributed by atoms with Gasteiger partial charge in [-0.2, -0.15) is 0 Å². The highest BCUT2D eigenvalue weighted by Gasteiger charge is 2.51. The Labute approximate surface area is 197 Å². The highest BCUT2D eigenvalue weighted by molar-refractivity contribution is 6.39. The second-order valence-electron chi connectivity index (χ2n) is 9.86. The number of hydrogen-bond donors (Lipinski definition) is 0. The quantitative estimate of drug-likeness (QED) is 0.360. The monoisotopic (exact) mass is 472 g/mol. The van der Waals surface area contributed by atoms with Gasteiger partial charge >= 0.3 is 0 Å². The largest absolute Gasteiger partial charge is 0.448 e. The van der Waals surface area contributed by atoms with Crippen molar-refractivity contribution in [1.29, 1.82) is 0 Å². The summed E-state index contributed by atoms with van der Waals surface area (Å²) < 4.78 is 17.9. The summed E-state index contributed by atoms with van der Waals surface area (Å²) in [6, 6.07) is 5.51. The first-order valence-electron chi connectivity index (χ1n) is 11.5. The minimum Gasteiger partial charge on any atom is -0.448 e. The summed E-state index contributed by atoms with van der Waals surface area (Å²) in [6.45, 7) is 1.22. The molecule has 2 bridgehead atoms. The molecule has 32 heavy (non-hydrogen) atoms. The van der Waals surface area contributed by atoms with Crippen molar-refractivity contribution in [3.63, 3.8) is 0 Å². The van der Waals surface area contributed by atoms with Gasteiger partial charge in [-0.05, 0) is 68.9 Å². The van der Waals surface area contributed by atoms with Crippen LogP contribution in [-0.4, -0.2) is 16.7 Å². The minimum absolute atomic E-state index is 0.132. The standard InChI is InChI=1S/C25H26Cl2N2O3/c26-18-2-1-3-19(27)20(18)21-17(22(32-29-21)16-4-5-16)14-30-15-24-6-9-25(10-7-24,11-8-24)23-28-12-13-31-23/h1-3,12-13,16H,4-11,14-15H2. The van der Waals surface area contributed by atoms with Gasteiger partial charge < -0.3 is 13.7 Å². The second-order valence-corrected chi connectivity index (χ2v) is 10.7. The Morgan fingerprint density at radius 3 is 2.38 bits per heavy atom. The molecule has 0 N–H and O–H groups in total. The molecule has 4 aliphatic rings. The van der Waals surface area contributed by atoms with Gasteiger partial charge in [-0.25, -0.2) is 4.98 Å². The number of halogens is 2. The molecule has 3 aromatic rings. The second kappa shape index (κ2) is 7.89. The van der Waals surface area contributed by atoms with E-state index in [1.807, 2.05) is 18.2 Å². The summed E-state index contributed by atoms with van der Waals surface area (Å²) >= 11 is 13.0. The first-order chi connectivity index (χ1) is 15.6. The van der Waals surface area contributed by atoms with Crippen molar-refractivity contribution in [2.24, 2.45) is 5.41 Å². The van der Waals surface area contributed by atoms with Crippen molar-refractivity contribution in [2.75, 3.05) is 6.61 Å². The van der Waals surface area contributed by atoms with E-state index in [-0.39, 0.29) is 10.8 Å². The number of nitrogens with zero attached hydrogens (tertiary/aromatic N) is 2. The van der Waals surface area contributed by atoms with Crippen LogP contribution in [0.3, 0.4) is 0 Å². The van der Waals surface area contributed by atoms with Gasteiger partial charge in [0, 0.05) is 22.5 Å². The lowest BCUT2D eigenvalue weighted by atomic mass is 9.54. The van der Waals surface area contributed by atoms with Crippen LogP contribution >= 0.6 is 23.2 Å². The van der Waals surface area contributed by atoms with Crippen LogP contribution in [0, 0.1) is 5.41 Å². The molecule has 4 saturated carbocycles. The summed E-state index contributed by atoms with van der Waals surface area (Å²) in [5, 5.41) is 5.53. The normalized spacial score (nSPS) is 27.2. The predicted octanol–water partition coefficient (Wildman–Crippen LogP) is 7.32. The molecule has 4 fully saturated rings. The molecule has 2 heterocycles. The number of rotatable bonds is 7. The highest BCUT2D eigenvalue weighted by Crippen LogP contribution is 2.57. The van der Waals surface area contributed by atoms with Crippen LogP contribution in [0.2, 0.25) is 10.0 Å². The third kappa shape index (κ3) is 3.49. The number of ether oxygens (including phenoxy) is 1. The molecule has 0 radical (unpaired) electrons. The molecule has 1 aromatic carbocycles. The summed E-state index contributed by atoms with van der Waals surface area (Å²) in [7, 11) is 0.